The minimum atomic E-state index is 0.173. The number of nitrogens with one attached hydrogen (secondary N) is 1. The van der Waals surface area contributed by atoms with Crippen molar-refractivity contribution in [3.05, 3.63) is 39.7 Å². The standard InChI is InChI=1S/C11H12ClN3S/c1-7(9-2-3-10(12)16-9)15-11-6-8(13)4-5-14-11/h2-7H,1H3,(H3,13,14,15). The summed E-state index contributed by atoms with van der Waals surface area (Å²) in [6.07, 6.45) is 1.69. The predicted octanol–water partition coefficient (Wildman–Crippen LogP) is 3.55. The molecule has 5 heteroatoms. The van der Waals surface area contributed by atoms with E-state index in [1.54, 1.807) is 23.6 Å². The second kappa shape index (κ2) is 4.72. The fourth-order valence-electron chi connectivity index (χ4n) is 1.38. The summed E-state index contributed by atoms with van der Waals surface area (Å²) >= 11 is 7.45. The Morgan fingerprint density at radius 2 is 2.25 bits per heavy atom. The molecule has 0 aliphatic rings. The molecule has 3 nitrogen and oxygen atoms in total. The summed E-state index contributed by atoms with van der Waals surface area (Å²) in [4.78, 5) is 5.37. The fraction of sp³-hybridized carbons (Fsp3) is 0.182. The summed E-state index contributed by atoms with van der Waals surface area (Å²) in [6.45, 7) is 2.06. The number of rotatable bonds is 3. The minimum Gasteiger partial charge on any atom is -0.399 e. The monoisotopic (exact) mass is 253 g/mol. The van der Waals surface area contributed by atoms with Gasteiger partial charge in [0.05, 0.1) is 10.4 Å². The summed E-state index contributed by atoms with van der Waals surface area (Å²) in [5.74, 6) is 0.775. The van der Waals surface area contributed by atoms with Crippen molar-refractivity contribution in [1.29, 1.82) is 0 Å². The van der Waals surface area contributed by atoms with Gasteiger partial charge in [-0.05, 0) is 25.1 Å². The highest BCUT2D eigenvalue weighted by atomic mass is 35.5. The van der Waals surface area contributed by atoms with E-state index in [1.807, 2.05) is 18.2 Å². The largest absolute Gasteiger partial charge is 0.399 e. The molecule has 0 saturated carbocycles. The molecule has 2 rings (SSSR count). The van der Waals surface area contributed by atoms with Gasteiger partial charge in [0.1, 0.15) is 5.82 Å². The van der Waals surface area contributed by atoms with Crippen LogP contribution in [-0.2, 0) is 0 Å². The highest BCUT2D eigenvalue weighted by Crippen LogP contribution is 2.28. The average Bonchev–Trinajstić information content (AvgIpc) is 2.65. The Bertz CT molecular complexity index is 484. The van der Waals surface area contributed by atoms with Crippen LogP contribution in [-0.4, -0.2) is 4.98 Å². The zero-order valence-electron chi connectivity index (χ0n) is 8.77. The number of hydrogen-bond donors (Lipinski definition) is 2. The van der Waals surface area contributed by atoms with Crippen LogP contribution < -0.4 is 11.1 Å². The molecule has 0 aromatic carbocycles. The SMILES string of the molecule is CC(Nc1cc(N)ccn1)c1ccc(Cl)s1. The third-order valence-electron chi connectivity index (χ3n) is 2.17. The molecule has 1 unspecified atom stereocenters. The van der Waals surface area contributed by atoms with Crippen LogP contribution in [0, 0.1) is 0 Å². The first kappa shape index (κ1) is 11.2. The lowest BCUT2D eigenvalue weighted by atomic mass is 10.2. The van der Waals surface area contributed by atoms with E-state index in [-0.39, 0.29) is 6.04 Å². The van der Waals surface area contributed by atoms with E-state index in [9.17, 15) is 0 Å². The summed E-state index contributed by atoms with van der Waals surface area (Å²) in [7, 11) is 0. The van der Waals surface area contributed by atoms with Crippen LogP contribution in [0.25, 0.3) is 0 Å². The van der Waals surface area contributed by atoms with Crippen molar-refractivity contribution in [3.8, 4) is 0 Å². The van der Waals surface area contributed by atoms with Crippen molar-refractivity contribution >= 4 is 34.4 Å². The Hall–Kier alpha value is -1.26. The third kappa shape index (κ3) is 2.65. The number of hydrogen-bond acceptors (Lipinski definition) is 4. The maximum atomic E-state index is 5.89. The van der Waals surface area contributed by atoms with Crippen molar-refractivity contribution < 1.29 is 0 Å². The highest BCUT2D eigenvalue weighted by molar-refractivity contribution is 7.16. The molecule has 0 fully saturated rings. The molecule has 1 atom stereocenters. The zero-order valence-corrected chi connectivity index (χ0v) is 10.3. The number of nitrogens with zero attached hydrogens (tertiary/aromatic N) is 1. The van der Waals surface area contributed by atoms with Crippen LogP contribution in [0.5, 0.6) is 0 Å². The number of halogens is 1. The fourth-order valence-corrected chi connectivity index (χ4v) is 2.44. The Morgan fingerprint density at radius 3 is 2.88 bits per heavy atom. The van der Waals surface area contributed by atoms with Gasteiger partial charge in [0, 0.05) is 22.8 Å². The molecular formula is C11H12ClN3S. The molecule has 2 heterocycles. The van der Waals surface area contributed by atoms with Gasteiger partial charge in [-0.2, -0.15) is 0 Å². The number of nitrogens with two attached hydrogens (primary N) is 1. The van der Waals surface area contributed by atoms with Crippen molar-refractivity contribution in [2.75, 3.05) is 11.1 Å². The van der Waals surface area contributed by atoms with Gasteiger partial charge in [-0.3, -0.25) is 0 Å². The van der Waals surface area contributed by atoms with Crippen molar-refractivity contribution in [1.82, 2.24) is 4.98 Å². The van der Waals surface area contributed by atoms with Gasteiger partial charge in [0.15, 0.2) is 0 Å². The second-order valence-electron chi connectivity index (χ2n) is 3.48. The molecule has 0 bridgehead atoms. The average molecular weight is 254 g/mol. The Labute approximate surface area is 103 Å². The Balaban J connectivity index is 2.10. The molecule has 3 N–H and O–H groups in total. The van der Waals surface area contributed by atoms with Gasteiger partial charge in [0.2, 0.25) is 0 Å². The lowest BCUT2D eigenvalue weighted by Crippen LogP contribution is -2.06. The summed E-state index contributed by atoms with van der Waals surface area (Å²) < 4.78 is 0.796. The van der Waals surface area contributed by atoms with E-state index in [4.69, 9.17) is 17.3 Å². The number of pyridine rings is 1. The van der Waals surface area contributed by atoms with Crippen LogP contribution in [0.1, 0.15) is 17.8 Å². The quantitative estimate of drug-likeness (QED) is 0.880. The van der Waals surface area contributed by atoms with Crippen molar-refractivity contribution in [2.24, 2.45) is 0 Å². The first-order valence-corrected chi connectivity index (χ1v) is 6.08. The number of anilines is 2. The first-order chi connectivity index (χ1) is 7.65. The van der Waals surface area contributed by atoms with Crippen molar-refractivity contribution in [2.45, 2.75) is 13.0 Å². The van der Waals surface area contributed by atoms with Crippen LogP contribution in [0.3, 0.4) is 0 Å². The Kier molecular flexibility index (Phi) is 3.31. The molecule has 2 aromatic heterocycles. The van der Waals surface area contributed by atoms with E-state index in [0.29, 0.717) is 5.69 Å². The molecule has 0 amide bonds. The lowest BCUT2D eigenvalue weighted by Gasteiger charge is -2.12. The van der Waals surface area contributed by atoms with Gasteiger partial charge < -0.3 is 11.1 Å². The molecule has 0 aliphatic heterocycles. The van der Waals surface area contributed by atoms with Crippen LogP contribution in [0.2, 0.25) is 4.34 Å². The molecule has 0 radical (unpaired) electrons. The van der Waals surface area contributed by atoms with Gasteiger partial charge in [-0.1, -0.05) is 11.6 Å². The maximum Gasteiger partial charge on any atom is 0.128 e. The highest BCUT2D eigenvalue weighted by Gasteiger charge is 2.08. The first-order valence-electron chi connectivity index (χ1n) is 4.88. The number of aromatic nitrogens is 1. The summed E-state index contributed by atoms with van der Waals surface area (Å²) in [5, 5.41) is 3.27. The van der Waals surface area contributed by atoms with E-state index in [0.717, 1.165) is 10.2 Å². The number of nitrogen functional groups attached to an aromatic ring is 1. The van der Waals surface area contributed by atoms with Crippen LogP contribution in [0.15, 0.2) is 30.5 Å². The molecule has 84 valence electrons. The lowest BCUT2D eigenvalue weighted by molar-refractivity contribution is 0.897. The predicted molar refractivity (Wildman–Crippen MR) is 70.0 cm³/mol. The van der Waals surface area contributed by atoms with Crippen LogP contribution >= 0.6 is 22.9 Å². The molecule has 16 heavy (non-hydrogen) atoms. The molecule has 0 spiro atoms. The smallest absolute Gasteiger partial charge is 0.128 e. The second-order valence-corrected chi connectivity index (χ2v) is 5.23. The summed E-state index contributed by atoms with van der Waals surface area (Å²) in [5.41, 5.74) is 6.38. The Morgan fingerprint density at radius 1 is 1.44 bits per heavy atom. The van der Waals surface area contributed by atoms with E-state index >= 15 is 0 Å². The van der Waals surface area contributed by atoms with Gasteiger partial charge in [0.25, 0.3) is 0 Å². The minimum absolute atomic E-state index is 0.173. The molecule has 2 aromatic rings. The zero-order chi connectivity index (χ0) is 11.5. The van der Waals surface area contributed by atoms with E-state index in [2.05, 4.69) is 17.2 Å². The van der Waals surface area contributed by atoms with E-state index in [1.165, 1.54) is 4.88 Å². The summed E-state index contributed by atoms with van der Waals surface area (Å²) in [6, 6.07) is 7.65. The topological polar surface area (TPSA) is 50.9 Å². The van der Waals surface area contributed by atoms with Gasteiger partial charge in [-0.15, -0.1) is 11.3 Å². The maximum absolute atomic E-state index is 5.89. The van der Waals surface area contributed by atoms with Gasteiger partial charge >= 0.3 is 0 Å². The molecular weight excluding hydrogens is 242 g/mol. The third-order valence-corrected chi connectivity index (χ3v) is 3.58. The van der Waals surface area contributed by atoms with E-state index < -0.39 is 0 Å². The van der Waals surface area contributed by atoms with Crippen molar-refractivity contribution in [3.63, 3.8) is 0 Å². The molecule has 0 saturated heterocycles. The molecule has 0 aliphatic carbocycles. The normalized spacial score (nSPS) is 12.4. The number of thiophene rings is 1. The van der Waals surface area contributed by atoms with Gasteiger partial charge in [-0.25, -0.2) is 4.98 Å². The van der Waals surface area contributed by atoms with Crippen LogP contribution in [0.4, 0.5) is 11.5 Å².